The van der Waals surface area contributed by atoms with Gasteiger partial charge in [0.2, 0.25) is 0 Å². The van der Waals surface area contributed by atoms with E-state index in [2.05, 4.69) is 34.8 Å². The molecule has 1 fully saturated rings. The third kappa shape index (κ3) is 5.98. The van der Waals surface area contributed by atoms with Gasteiger partial charge in [-0.15, -0.1) is 0 Å². The monoisotopic (exact) mass is 370 g/mol. The van der Waals surface area contributed by atoms with Gasteiger partial charge >= 0.3 is 0 Å². The Morgan fingerprint density at radius 3 is 2.30 bits per heavy atom. The molecule has 0 saturated carbocycles. The molecule has 1 saturated heterocycles. The molecule has 1 heterocycles. The number of carbonyl (C=O) groups is 1. The van der Waals surface area contributed by atoms with Crippen LogP contribution in [0, 0.1) is 5.82 Å². The Hall–Kier alpha value is -2.57. The molecule has 0 spiro atoms. The third-order valence-electron chi connectivity index (χ3n) is 4.98. The van der Waals surface area contributed by atoms with E-state index < -0.39 is 0 Å². The normalized spacial score (nSPS) is 20.3. The van der Waals surface area contributed by atoms with Crippen LogP contribution in [0.25, 0.3) is 0 Å². The number of benzene rings is 2. The molecule has 0 aromatic heterocycles. The molecule has 0 aliphatic carbocycles. The summed E-state index contributed by atoms with van der Waals surface area (Å²) in [7, 11) is 0. The SMILES string of the molecule is C/C(=N/NC(=O)C[NH+]1CC[NH+](Cc2ccccc2)CC1)c1ccc(F)cc1. The van der Waals surface area contributed by atoms with Crippen LogP contribution in [-0.4, -0.2) is 44.3 Å². The summed E-state index contributed by atoms with van der Waals surface area (Å²) < 4.78 is 13.0. The van der Waals surface area contributed by atoms with Crippen LogP contribution in [0.1, 0.15) is 18.1 Å². The fourth-order valence-electron chi connectivity index (χ4n) is 3.36. The second kappa shape index (κ2) is 9.39. The van der Waals surface area contributed by atoms with E-state index >= 15 is 0 Å². The van der Waals surface area contributed by atoms with E-state index in [0.717, 1.165) is 38.3 Å². The second-order valence-corrected chi connectivity index (χ2v) is 7.08. The summed E-state index contributed by atoms with van der Waals surface area (Å²) in [6.45, 7) is 7.36. The molecule has 0 bridgehead atoms. The minimum absolute atomic E-state index is 0.0852. The number of nitrogens with zero attached hydrogens (tertiary/aromatic N) is 1. The van der Waals surface area contributed by atoms with Gasteiger partial charge in [-0.2, -0.15) is 5.10 Å². The van der Waals surface area contributed by atoms with Crippen molar-refractivity contribution in [3.63, 3.8) is 0 Å². The first kappa shape index (κ1) is 19.2. The lowest BCUT2D eigenvalue weighted by Gasteiger charge is -2.29. The molecular formula is C21H27FN4O+2. The highest BCUT2D eigenvalue weighted by atomic mass is 19.1. The van der Waals surface area contributed by atoms with Crippen molar-refractivity contribution in [1.29, 1.82) is 0 Å². The summed E-state index contributed by atoms with van der Waals surface area (Å²) in [5, 5.41) is 4.14. The standard InChI is InChI=1S/C21H25FN4O/c1-17(19-7-9-20(22)10-8-19)23-24-21(27)16-26-13-11-25(12-14-26)15-18-5-3-2-4-6-18/h2-10H,11-16H2,1H3,(H,24,27)/p+2/b23-17-. The molecular weight excluding hydrogens is 343 g/mol. The van der Waals surface area contributed by atoms with Crippen LogP contribution in [0.4, 0.5) is 4.39 Å². The lowest BCUT2D eigenvalue weighted by atomic mass is 10.1. The fourth-order valence-corrected chi connectivity index (χ4v) is 3.36. The van der Waals surface area contributed by atoms with E-state index in [-0.39, 0.29) is 11.7 Å². The molecule has 2 aromatic carbocycles. The summed E-state index contributed by atoms with van der Waals surface area (Å²) >= 11 is 0. The molecule has 142 valence electrons. The molecule has 3 rings (SSSR count). The number of hydrogen-bond donors (Lipinski definition) is 3. The highest BCUT2D eigenvalue weighted by Crippen LogP contribution is 2.03. The lowest BCUT2D eigenvalue weighted by Crippen LogP contribution is -3.28. The Kier molecular flexibility index (Phi) is 6.68. The molecule has 0 atom stereocenters. The average Bonchev–Trinajstić information content (AvgIpc) is 2.69. The largest absolute Gasteiger partial charge is 0.322 e. The average molecular weight is 370 g/mol. The summed E-state index contributed by atoms with van der Waals surface area (Å²) in [5.41, 5.74) is 5.44. The van der Waals surface area contributed by atoms with E-state index in [0.29, 0.717) is 12.3 Å². The molecule has 0 unspecified atom stereocenters. The summed E-state index contributed by atoms with van der Waals surface area (Å²) in [6, 6.07) is 16.6. The van der Waals surface area contributed by atoms with Crippen molar-refractivity contribution in [2.75, 3.05) is 32.7 Å². The second-order valence-electron chi connectivity index (χ2n) is 7.08. The first-order chi connectivity index (χ1) is 13.1. The number of amides is 1. The van der Waals surface area contributed by atoms with Crippen molar-refractivity contribution in [2.45, 2.75) is 13.5 Å². The fraction of sp³-hybridized carbons (Fsp3) is 0.333. The van der Waals surface area contributed by atoms with Crippen molar-refractivity contribution in [3.8, 4) is 0 Å². The molecule has 3 N–H and O–H groups in total. The Balaban J connectivity index is 1.41. The van der Waals surface area contributed by atoms with E-state index in [4.69, 9.17) is 0 Å². The van der Waals surface area contributed by atoms with Gasteiger partial charge in [0.1, 0.15) is 38.5 Å². The highest BCUT2D eigenvalue weighted by molar-refractivity contribution is 5.99. The minimum Gasteiger partial charge on any atom is -0.322 e. The zero-order chi connectivity index (χ0) is 19.1. The smallest absolute Gasteiger partial charge is 0.295 e. The number of hydrogen-bond acceptors (Lipinski definition) is 2. The maximum atomic E-state index is 13.0. The van der Waals surface area contributed by atoms with Crippen molar-refractivity contribution in [1.82, 2.24) is 5.43 Å². The van der Waals surface area contributed by atoms with Crippen LogP contribution in [0.3, 0.4) is 0 Å². The zero-order valence-electron chi connectivity index (χ0n) is 15.7. The van der Waals surface area contributed by atoms with Crippen LogP contribution < -0.4 is 15.2 Å². The first-order valence-corrected chi connectivity index (χ1v) is 9.40. The summed E-state index contributed by atoms with van der Waals surface area (Å²) in [5.74, 6) is -0.370. The van der Waals surface area contributed by atoms with Gasteiger partial charge in [-0.25, -0.2) is 9.82 Å². The van der Waals surface area contributed by atoms with Crippen LogP contribution in [0.2, 0.25) is 0 Å². The molecule has 6 heteroatoms. The molecule has 1 aliphatic rings. The minimum atomic E-state index is -0.285. The summed E-state index contributed by atoms with van der Waals surface area (Å²) in [6.07, 6.45) is 0. The molecule has 5 nitrogen and oxygen atoms in total. The van der Waals surface area contributed by atoms with Gasteiger partial charge in [-0.05, 0) is 24.6 Å². The maximum absolute atomic E-state index is 13.0. The number of piperazine rings is 1. The van der Waals surface area contributed by atoms with E-state index in [1.54, 1.807) is 24.0 Å². The zero-order valence-corrected chi connectivity index (χ0v) is 15.7. The maximum Gasteiger partial charge on any atom is 0.295 e. The van der Waals surface area contributed by atoms with Gasteiger partial charge in [0.05, 0.1) is 5.71 Å². The van der Waals surface area contributed by atoms with Crippen LogP contribution in [0.15, 0.2) is 59.7 Å². The van der Waals surface area contributed by atoms with E-state index in [9.17, 15) is 9.18 Å². The summed E-state index contributed by atoms with van der Waals surface area (Å²) in [4.78, 5) is 15.0. The quantitative estimate of drug-likeness (QED) is 0.473. The van der Waals surface area contributed by atoms with Gasteiger partial charge in [-0.3, -0.25) is 4.79 Å². The number of hydrazone groups is 1. The predicted molar refractivity (Wildman–Crippen MR) is 103 cm³/mol. The number of carbonyl (C=O) groups excluding carboxylic acids is 1. The first-order valence-electron chi connectivity index (χ1n) is 9.40. The van der Waals surface area contributed by atoms with E-state index in [1.165, 1.54) is 22.6 Å². The predicted octanol–water partition coefficient (Wildman–Crippen LogP) is -0.350. The van der Waals surface area contributed by atoms with E-state index in [1.807, 2.05) is 6.07 Å². The van der Waals surface area contributed by atoms with Gasteiger partial charge in [0.15, 0.2) is 6.54 Å². The Bertz CT molecular complexity index is 769. The van der Waals surface area contributed by atoms with Crippen LogP contribution in [-0.2, 0) is 11.3 Å². The number of rotatable bonds is 6. The molecule has 1 aliphatic heterocycles. The topological polar surface area (TPSA) is 50.3 Å². The van der Waals surface area contributed by atoms with Gasteiger partial charge < -0.3 is 9.80 Å². The Labute approximate surface area is 159 Å². The molecule has 27 heavy (non-hydrogen) atoms. The molecule has 2 aromatic rings. The Morgan fingerprint density at radius 1 is 1.00 bits per heavy atom. The van der Waals surface area contributed by atoms with Gasteiger partial charge in [-0.1, -0.05) is 42.5 Å². The van der Waals surface area contributed by atoms with Crippen molar-refractivity contribution < 1.29 is 19.0 Å². The van der Waals surface area contributed by atoms with Gasteiger partial charge in [0, 0.05) is 5.56 Å². The van der Waals surface area contributed by atoms with Crippen molar-refractivity contribution in [3.05, 3.63) is 71.5 Å². The Morgan fingerprint density at radius 2 is 1.63 bits per heavy atom. The van der Waals surface area contributed by atoms with Crippen LogP contribution >= 0.6 is 0 Å². The molecule has 1 amide bonds. The lowest BCUT2D eigenvalue weighted by molar-refractivity contribution is -1.02. The number of quaternary nitrogens is 2. The number of halogens is 1. The van der Waals surface area contributed by atoms with Crippen LogP contribution in [0.5, 0.6) is 0 Å². The van der Waals surface area contributed by atoms with Gasteiger partial charge in [0.25, 0.3) is 5.91 Å². The third-order valence-corrected chi connectivity index (χ3v) is 4.98. The van der Waals surface area contributed by atoms with Crippen molar-refractivity contribution >= 4 is 11.6 Å². The van der Waals surface area contributed by atoms with Crippen molar-refractivity contribution in [2.24, 2.45) is 5.10 Å². The number of nitrogens with one attached hydrogen (secondary N) is 3. The molecule has 0 radical (unpaired) electrons. The highest BCUT2D eigenvalue weighted by Gasteiger charge is 2.24.